The lowest BCUT2D eigenvalue weighted by Gasteiger charge is -2.06. The number of carbonyl (C=O) groups is 2. The molecule has 0 aliphatic carbocycles. The van der Waals surface area contributed by atoms with Crippen LogP contribution < -0.4 is 5.32 Å². The van der Waals surface area contributed by atoms with Gasteiger partial charge in [-0.15, -0.1) is 22.7 Å². The van der Waals surface area contributed by atoms with Crippen molar-refractivity contribution in [1.82, 2.24) is 5.32 Å². The van der Waals surface area contributed by atoms with Crippen molar-refractivity contribution in [3.63, 3.8) is 0 Å². The fourth-order valence-corrected chi connectivity index (χ4v) is 3.32. The van der Waals surface area contributed by atoms with Crippen LogP contribution in [0.15, 0.2) is 17.5 Å². The number of aliphatic carboxylic acids is 1. The Morgan fingerprint density at radius 3 is 2.88 bits per heavy atom. The number of amides is 1. The van der Waals surface area contributed by atoms with Gasteiger partial charge < -0.3 is 10.4 Å². The second-order valence-electron chi connectivity index (χ2n) is 3.71. The van der Waals surface area contributed by atoms with Crippen LogP contribution in [0.1, 0.15) is 16.6 Å². The number of hydrogen-bond acceptors (Lipinski definition) is 4. The maximum atomic E-state index is 11.8. The second kappa shape index (κ2) is 4.85. The Morgan fingerprint density at radius 1 is 1.47 bits per heavy atom. The minimum Gasteiger partial charge on any atom is -0.481 e. The average molecular weight is 269 g/mol. The molecule has 1 amide bonds. The van der Waals surface area contributed by atoms with Gasteiger partial charge in [-0.05, 0) is 17.5 Å². The lowest BCUT2D eigenvalue weighted by molar-refractivity contribution is -0.140. The highest BCUT2D eigenvalue weighted by Gasteiger charge is 2.15. The van der Waals surface area contributed by atoms with E-state index in [0.717, 1.165) is 9.40 Å². The van der Waals surface area contributed by atoms with Gasteiger partial charge in [0.25, 0.3) is 5.91 Å². The molecule has 2 aromatic heterocycles. The molecule has 0 aromatic carbocycles. The topological polar surface area (TPSA) is 66.4 Å². The first-order valence-electron chi connectivity index (χ1n) is 5.06. The van der Waals surface area contributed by atoms with Crippen molar-refractivity contribution in [1.29, 1.82) is 0 Å². The Kier molecular flexibility index (Phi) is 3.44. The van der Waals surface area contributed by atoms with Gasteiger partial charge in [-0.2, -0.15) is 0 Å². The zero-order valence-corrected chi connectivity index (χ0v) is 10.7. The van der Waals surface area contributed by atoms with E-state index in [0.29, 0.717) is 4.88 Å². The van der Waals surface area contributed by atoms with Gasteiger partial charge in [-0.1, -0.05) is 6.92 Å². The lowest BCUT2D eigenvalue weighted by Crippen LogP contribution is -2.30. The Labute approximate surface area is 106 Å². The summed E-state index contributed by atoms with van der Waals surface area (Å²) in [5.41, 5.74) is 0. The number of rotatable bonds is 4. The van der Waals surface area contributed by atoms with Gasteiger partial charge in [-0.3, -0.25) is 9.59 Å². The van der Waals surface area contributed by atoms with Crippen LogP contribution in [0.4, 0.5) is 0 Å². The number of thiophene rings is 2. The predicted molar refractivity (Wildman–Crippen MR) is 68.8 cm³/mol. The fraction of sp³-hybridized carbons (Fsp3) is 0.273. The van der Waals surface area contributed by atoms with E-state index >= 15 is 0 Å². The standard InChI is InChI=1S/C11H11NO3S2/c1-6(11(14)15)5-12-10(13)9-4-8-7(17-9)2-3-16-8/h2-4,6H,5H2,1H3,(H,12,13)(H,14,15). The molecular formula is C11H11NO3S2. The molecule has 0 bridgehead atoms. The molecule has 1 atom stereocenters. The first-order valence-corrected chi connectivity index (χ1v) is 6.75. The molecule has 2 aromatic rings. The van der Waals surface area contributed by atoms with E-state index in [-0.39, 0.29) is 12.5 Å². The smallest absolute Gasteiger partial charge is 0.308 e. The normalized spacial score (nSPS) is 12.5. The van der Waals surface area contributed by atoms with E-state index in [1.54, 1.807) is 18.3 Å². The summed E-state index contributed by atoms with van der Waals surface area (Å²) < 4.78 is 2.18. The van der Waals surface area contributed by atoms with Crippen molar-refractivity contribution in [2.24, 2.45) is 5.92 Å². The number of carboxylic acid groups (broad SMARTS) is 1. The molecule has 17 heavy (non-hydrogen) atoms. The average Bonchev–Trinajstić information content (AvgIpc) is 2.84. The van der Waals surface area contributed by atoms with Gasteiger partial charge in [0.1, 0.15) is 0 Å². The molecular weight excluding hydrogens is 258 g/mol. The molecule has 0 aliphatic rings. The van der Waals surface area contributed by atoms with Crippen LogP contribution >= 0.6 is 22.7 Å². The quantitative estimate of drug-likeness (QED) is 0.895. The maximum absolute atomic E-state index is 11.8. The molecule has 90 valence electrons. The van der Waals surface area contributed by atoms with Crippen molar-refractivity contribution in [3.8, 4) is 0 Å². The molecule has 0 fully saturated rings. The third-order valence-corrected chi connectivity index (χ3v) is 4.45. The van der Waals surface area contributed by atoms with Gasteiger partial charge >= 0.3 is 5.97 Å². The number of nitrogens with one attached hydrogen (secondary N) is 1. The summed E-state index contributed by atoms with van der Waals surface area (Å²) in [7, 11) is 0. The van der Waals surface area contributed by atoms with Crippen LogP contribution in [-0.2, 0) is 4.79 Å². The van der Waals surface area contributed by atoms with Crippen molar-refractivity contribution in [2.75, 3.05) is 6.54 Å². The molecule has 0 radical (unpaired) electrons. The Hall–Kier alpha value is -1.40. The van der Waals surface area contributed by atoms with Crippen molar-refractivity contribution in [3.05, 3.63) is 22.4 Å². The second-order valence-corrected chi connectivity index (χ2v) is 5.74. The molecule has 2 rings (SSSR count). The number of hydrogen-bond donors (Lipinski definition) is 2. The van der Waals surface area contributed by atoms with E-state index in [2.05, 4.69) is 5.32 Å². The minimum absolute atomic E-state index is 0.152. The minimum atomic E-state index is -0.905. The highest BCUT2D eigenvalue weighted by atomic mass is 32.1. The highest BCUT2D eigenvalue weighted by Crippen LogP contribution is 2.29. The van der Waals surface area contributed by atoms with Crippen LogP contribution in [-0.4, -0.2) is 23.5 Å². The van der Waals surface area contributed by atoms with Gasteiger partial charge in [0.05, 0.1) is 10.8 Å². The lowest BCUT2D eigenvalue weighted by atomic mass is 10.2. The Bertz CT molecular complexity index is 529. The molecule has 0 saturated carbocycles. The number of fused-ring (bicyclic) bond motifs is 1. The highest BCUT2D eigenvalue weighted by molar-refractivity contribution is 7.27. The summed E-state index contributed by atoms with van der Waals surface area (Å²) in [6, 6.07) is 3.81. The van der Waals surface area contributed by atoms with Gasteiger partial charge in [-0.25, -0.2) is 0 Å². The molecule has 0 saturated heterocycles. The largest absolute Gasteiger partial charge is 0.481 e. The van der Waals surface area contributed by atoms with E-state index in [9.17, 15) is 9.59 Å². The molecule has 2 heterocycles. The van der Waals surface area contributed by atoms with Crippen molar-refractivity contribution >= 4 is 43.9 Å². The SMILES string of the molecule is CC(CNC(=O)c1cc2sccc2s1)C(=O)O. The molecule has 1 unspecified atom stereocenters. The summed E-state index contributed by atoms with van der Waals surface area (Å²) >= 11 is 3.01. The molecule has 0 aliphatic heterocycles. The predicted octanol–water partition coefficient (Wildman–Crippen LogP) is 2.41. The van der Waals surface area contributed by atoms with Crippen LogP contribution in [0.2, 0.25) is 0 Å². The third kappa shape index (κ3) is 2.65. The molecule has 2 N–H and O–H groups in total. The first-order chi connectivity index (χ1) is 8.08. The first kappa shape index (κ1) is 12.1. The molecule has 0 spiro atoms. The zero-order valence-electron chi connectivity index (χ0n) is 9.10. The Morgan fingerprint density at radius 2 is 2.24 bits per heavy atom. The third-order valence-electron chi connectivity index (χ3n) is 2.35. The van der Waals surface area contributed by atoms with Crippen LogP contribution in [0.25, 0.3) is 9.40 Å². The Balaban J connectivity index is 2.01. The van der Waals surface area contributed by atoms with Gasteiger partial charge in [0, 0.05) is 15.9 Å². The fourth-order valence-electron chi connectivity index (χ4n) is 1.30. The summed E-state index contributed by atoms with van der Waals surface area (Å²) in [6.45, 7) is 1.72. The maximum Gasteiger partial charge on any atom is 0.308 e. The number of carbonyl (C=O) groups excluding carboxylic acids is 1. The zero-order chi connectivity index (χ0) is 12.4. The van der Waals surface area contributed by atoms with E-state index in [1.165, 1.54) is 11.3 Å². The monoisotopic (exact) mass is 269 g/mol. The summed E-state index contributed by atoms with van der Waals surface area (Å²) in [6.07, 6.45) is 0. The van der Waals surface area contributed by atoms with Crippen molar-refractivity contribution < 1.29 is 14.7 Å². The summed E-state index contributed by atoms with van der Waals surface area (Å²) in [5.74, 6) is -1.68. The van der Waals surface area contributed by atoms with Gasteiger partial charge in [0.15, 0.2) is 0 Å². The number of carboxylic acids is 1. The summed E-state index contributed by atoms with van der Waals surface area (Å²) in [4.78, 5) is 23.0. The molecule has 4 nitrogen and oxygen atoms in total. The van der Waals surface area contributed by atoms with Crippen LogP contribution in [0.5, 0.6) is 0 Å². The summed E-state index contributed by atoms with van der Waals surface area (Å²) in [5, 5.41) is 13.3. The van der Waals surface area contributed by atoms with E-state index in [1.807, 2.05) is 17.5 Å². The van der Waals surface area contributed by atoms with E-state index < -0.39 is 11.9 Å². The van der Waals surface area contributed by atoms with Crippen LogP contribution in [0, 0.1) is 5.92 Å². The van der Waals surface area contributed by atoms with E-state index in [4.69, 9.17) is 5.11 Å². The molecule has 6 heteroatoms. The van der Waals surface area contributed by atoms with Crippen LogP contribution in [0.3, 0.4) is 0 Å². The van der Waals surface area contributed by atoms with Crippen molar-refractivity contribution in [2.45, 2.75) is 6.92 Å². The van der Waals surface area contributed by atoms with Gasteiger partial charge in [0.2, 0.25) is 0 Å².